The SMILES string of the molecule is CC(=O)N1CC[C@H](NCc2cc(Br)ccc2F)[C@H](C)C1. The minimum Gasteiger partial charge on any atom is -0.343 e. The van der Waals surface area contributed by atoms with E-state index in [1.807, 2.05) is 4.90 Å². The molecule has 0 spiro atoms. The Labute approximate surface area is 127 Å². The van der Waals surface area contributed by atoms with Crippen LogP contribution < -0.4 is 5.32 Å². The average Bonchev–Trinajstić information content (AvgIpc) is 2.40. The van der Waals surface area contributed by atoms with Gasteiger partial charge in [-0.1, -0.05) is 22.9 Å². The molecule has 0 radical (unpaired) electrons. The summed E-state index contributed by atoms with van der Waals surface area (Å²) in [5.74, 6) is 0.325. The predicted molar refractivity (Wildman–Crippen MR) is 80.8 cm³/mol. The summed E-state index contributed by atoms with van der Waals surface area (Å²) >= 11 is 3.36. The highest BCUT2D eigenvalue weighted by molar-refractivity contribution is 9.10. The first-order chi connectivity index (χ1) is 9.47. The van der Waals surface area contributed by atoms with Crippen LogP contribution in [0.2, 0.25) is 0 Å². The molecule has 2 rings (SSSR count). The zero-order valence-electron chi connectivity index (χ0n) is 11.8. The number of halogens is 2. The van der Waals surface area contributed by atoms with Crippen LogP contribution in [0, 0.1) is 11.7 Å². The van der Waals surface area contributed by atoms with E-state index in [2.05, 4.69) is 28.2 Å². The van der Waals surface area contributed by atoms with Crippen LogP contribution in [-0.2, 0) is 11.3 Å². The van der Waals surface area contributed by atoms with Crippen molar-refractivity contribution in [2.75, 3.05) is 13.1 Å². The van der Waals surface area contributed by atoms with Crippen molar-refractivity contribution in [3.8, 4) is 0 Å². The minimum absolute atomic E-state index is 0.133. The number of likely N-dealkylation sites (tertiary alicyclic amines) is 1. The third kappa shape index (κ3) is 3.79. The summed E-state index contributed by atoms with van der Waals surface area (Å²) in [7, 11) is 0. The van der Waals surface area contributed by atoms with Gasteiger partial charge in [-0.05, 0) is 30.5 Å². The zero-order valence-corrected chi connectivity index (χ0v) is 13.4. The van der Waals surface area contributed by atoms with E-state index in [1.165, 1.54) is 6.07 Å². The number of benzene rings is 1. The topological polar surface area (TPSA) is 32.3 Å². The maximum absolute atomic E-state index is 13.7. The number of piperidine rings is 1. The van der Waals surface area contributed by atoms with Crippen LogP contribution in [0.5, 0.6) is 0 Å². The molecule has 5 heteroatoms. The van der Waals surface area contributed by atoms with Gasteiger partial charge in [-0.25, -0.2) is 4.39 Å². The molecule has 20 heavy (non-hydrogen) atoms. The Bertz CT molecular complexity index is 495. The maximum atomic E-state index is 13.7. The summed E-state index contributed by atoms with van der Waals surface area (Å²) in [6.07, 6.45) is 0.913. The van der Waals surface area contributed by atoms with Gasteiger partial charge in [0, 0.05) is 42.6 Å². The Balaban J connectivity index is 1.91. The van der Waals surface area contributed by atoms with Crippen molar-refractivity contribution < 1.29 is 9.18 Å². The summed E-state index contributed by atoms with van der Waals surface area (Å²) in [5, 5.41) is 3.42. The van der Waals surface area contributed by atoms with E-state index < -0.39 is 0 Å². The highest BCUT2D eigenvalue weighted by Gasteiger charge is 2.26. The van der Waals surface area contributed by atoms with Crippen molar-refractivity contribution in [2.45, 2.75) is 32.9 Å². The lowest BCUT2D eigenvalue weighted by Crippen LogP contribution is -2.49. The molecule has 1 aliphatic rings. The van der Waals surface area contributed by atoms with Crippen molar-refractivity contribution in [1.82, 2.24) is 10.2 Å². The summed E-state index contributed by atoms with van der Waals surface area (Å²) in [6.45, 7) is 5.80. The number of nitrogens with one attached hydrogen (secondary N) is 1. The van der Waals surface area contributed by atoms with Gasteiger partial charge in [-0.15, -0.1) is 0 Å². The lowest BCUT2D eigenvalue weighted by molar-refractivity contribution is -0.130. The highest BCUT2D eigenvalue weighted by atomic mass is 79.9. The van der Waals surface area contributed by atoms with Crippen molar-refractivity contribution in [1.29, 1.82) is 0 Å². The Morgan fingerprint density at radius 3 is 2.95 bits per heavy atom. The van der Waals surface area contributed by atoms with Gasteiger partial charge in [0.2, 0.25) is 5.91 Å². The third-order valence-corrected chi connectivity index (χ3v) is 4.41. The summed E-state index contributed by atoms with van der Waals surface area (Å²) in [6, 6.07) is 5.30. The monoisotopic (exact) mass is 342 g/mol. The van der Waals surface area contributed by atoms with E-state index in [4.69, 9.17) is 0 Å². The number of hydrogen-bond donors (Lipinski definition) is 1. The Hall–Kier alpha value is -0.940. The van der Waals surface area contributed by atoms with Crippen LogP contribution in [0.15, 0.2) is 22.7 Å². The number of nitrogens with zero attached hydrogens (tertiary/aromatic N) is 1. The molecule has 1 saturated heterocycles. The second-order valence-corrected chi connectivity index (χ2v) is 6.37. The van der Waals surface area contributed by atoms with Gasteiger partial charge in [-0.3, -0.25) is 4.79 Å². The summed E-state index contributed by atoms with van der Waals surface area (Å²) in [5.41, 5.74) is 0.667. The molecule has 0 bridgehead atoms. The average molecular weight is 343 g/mol. The van der Waals surface area contributed by atoms with Crippen LogP contribution in [0.3, 0.4) is 0 Å². The quantitative estimate of drug-likeness (QED) is 0.915. The van der Waals surface area contributed by atoms with Crippen LogP contribution in [0.25, 0.3) is 0 Å². The number of hydrogen-bond acceptors (Lipinski definition) is 2. The molecule has 110 valence electrons. The zero-order chi connectivity index (χ0) is 14.7. The molecule has 0 unspecified atom stereocenters. The summed E-state index contributed by atoms with van der Waals surface area (Å²) in [4.78, 5) is 13.2. The van der Waals surface area contributed by atoms with E-state index in [-0.39, 0.29) is 11.7 Å². The highest BCUT2D eigenvalue weighted by Crippen LogP contribution is 2.19. The molecule has 0 aromatic heterocycles. The van der Waals surface area contributed by atoms with E-state index in [0.29, 0.717) is 24.1 Å². The van der Waals surface area contributed by atoms with E-state index in [1.54, 1.807) is 19.1 Å². The maximum Gasteiger partial charge on any atom is 0.219 e. The Kier molecular flexibility index (Phi) is 5.16. The molecule has 1 aliphatic heterocycles. The molecule has 0 aliphatic carbocycles. The number of amides is 1. The van der Waals surface area contributed by atoms with Gasteiger partial charge >= 0.3 is 0 Å². The van der Waals surface area contributed by atoms with Crippen molar-refractivity contribution in [3.05, 3.63) is 34.1 Å². The molecule has 3 nitrogen and oxygen atoms in total. The molecule has 1 fully saturated rings. The minimum atomic E-state index is -0.186. The summed E-state index contributed by atoms with van der Waals surface area (Å²) < 4.78 is 14.6. The van der Waals surface area contributed by atoms with Gasteiger partial charge < -0.3 is 10.2 Å². The molecule has 2 atom stereocenters. The Morgan fingerprint density at radius 2 is 2.30 bits per heavy atom. The normalized spacial score (nSPS) is 22.9. The second kappa shape index (κ2) is 6.68. The molecular formula is C15H20BrFN2O. The van der Waals surface area contributed by atoms with Crippen LogP contribution in [0.1, 0.15) is 25.8 Å². The van der Waals surface area contributed by atoms with Crippen LogP contribution >= 0.6 is 15.9 Å². The number of carbonyl (C=O) groups excluding carboxylic acids is 1. The molecule has 1 N–H and O–H groups in total. The fourth-order valence-electron chi connectivity index (χ4n) is 2.65. The van der Waals surface area contributed by atoms with Gasteiger partial charge in [0.1, 0.15) is 5.82 Å². The fraction of sp³-hybridized carbons (Fsp3) is 0.533. The first kappa shape index (κ1) is 15.4. The van der Waals surface area contributed by atoms with Crippen molar-refractivity contribution >= 4 is 21.8 Å². The fourth-order valence-corrected chi connectivity index (χ4v) is 3.06. The lowest BCUT2D eigenvalue weighted by atomic mass is 9.93. The van der Waals surface area contributed by atoms with Crippen LogP contribution in [0.4, 0.5) is 4.39 Å². The molecular weight excluding hydrogens is 323 g/mol. The van der Waals surface area contributed by atoms with Crippen molar-refractivity contribution in [2.24, 2.45) is 5.92 Å². The van der Waals surface area contributed by atoms with Crippen molar-refractivity contribution in [3.63, 3.8) is 0 Å². The molecule has 1 aromatic rings. The molecule has 1 aromatic carbocycles. The largest absolute Gasteiger partial charge is 0.343 e. The first-order valence-electron chi connectivity index (χ1n) is 6.90. The second-order valence-electron chi connectivity index (χ2n) is 5.45. The predicted octanol–water partition coefficient (Wildman–Crippen LogP) is 2.93. The molecule has 1 amide bonds. The van der Waals surface area contributed by atoms with E-state index in [9.17, 15) is 9.18 Å². The lowest BCUT2D eigenvalue weighted by Gasteiger charge is -2.37. The van der Waals surface area contributed by atoms with Gasteiger partial charge in [0.25, 0.3) is 0 Å². The molecule has 1 heterocycles. The first-order valence-corrected chi connectivity index (χ1v) is 7.69. The van der Waals surface area contributed by atoms with Gasteiger partial charge in [0.05, 0.1) is 0 Å². The van der Waals surface area contributed by atoms with E-state index >= 15 is 0 Å². The number of rotatable bonds is 3. The smallest absolute Gasteiger partial charge is 0.219 e. The molecule has 0 saturated carbocycles. The number of carbonyl (C=O) groups is 1. The Morgan fingerprint density at radius 1 is 1.55 bits per heavy atom. The van der Waals surface area contributed by atoms with E-state index in [0.717, 1.165) is 24.0 Å². The third-order valence-electron chi connectivity index (χ3n) is 3.91. The standard InChI is InChI=1S/C15H20BrFN2O/c1-10-9-19(11(2)20)6-5-15(10)18-8-12-7-13(16)3-4-14(12)17/h3-4,7,10,15,18H,5-6,8-9H2,1-2H3/t10-,15+/m1/s1. The van der Waals surface area contributed by atoms with Gasteiger partial charge in [-0.2, -0.15) is 0 Å². The van der Waals surface area contributed by atoms with Crippen LogP contribution in [-0.4, -0.2) is 29.9 Å². The van der Waals surface area contributed by atoms with Gasteiger partial charge in [0.15, 0.2) is 0 Å².